The van der Waals surface area contributed by atoms with E-state index in [1.807, 2.05) is 37.3 Å². The molecule has 1 unspecified atom stereocenters. The number of ether oxygens (including phenoxy) is 2. The van der Waals surface area contributed by atoms with Gasteiger partial charge in [0, 0.05) is 27.9 Å². The Bertz CT molecular complexity index is 1100. The summed E-state index contributed by atoms with van der Waals surface area (Å²) in [5, 5.41) is 0.837. The van der Waals surface area contributed by atoms with Gasteiger partial charge in [0.25, 0.3) is 0 Å². The van der Waals surface area contributed by atoms with Crippen LogP contribution in [0.5, 0.6) is 11.6 Å². The van der Waals surface area contributed by atoms with Crippen molar-refractivity contribution < 1.29 is 13.7 Å². The fraction of sp³-hybridized carbons (Fsp3) is 0.333. The van der Waals surface area contributed by atoms with Crippen molar-refractivity contribution in [1.82, 2.24) is 9.97 Å². The van der Waals surface area contributed by atoms with Crippen LogP contribution in [0.25, 0.3) is 10.9 Å². The van der Waals surface area contributed by atoms with E-state index >= 15 is 0 Å². The Kier molecular flexibility index (Phi) is 5.17. The molecule has 1 saturated carbocycles. The topological polar surface area (TPSA) is 85.2 Å². The van der Waals surface area contributed by atoms with Gasteiger partial charge in [-0.25, -0.2) is 14.0 Å². The normalized spacial score (nSPS) is 15.9. The minimum Gasteiger partial charge on any atom is -0.488 e. The molecule has 3 aromatic rings. The van der Waals surface area contributed by atoms with E-state index in [2.05, 4.69) is 9.97 Å². The van der Waals surface area contributed by atoms with E-state index in [1.54, 1.807) is 18.5 Å². The summed E-state index contributed by atoms with van der Waals surface area (Å²) in [6.07, 6.45) is 6.02. The molecule has 0 spiro atoms. The summed E-state index contributed by atoms with van der Waals surface area (Å²) < 4.78 is 32.6. The van der Waals surface area contributed by atoms with Crippen LogP contribution >= 0.6 is 0 Å². The summed E-state index contributed by atoms with van der Waals surface area (Å²) in [6, 6.07) is 11.0. The highest BCUT2D eigenvalue weighted by Gasteiger charge is 2.33. The largest absolute Gasteiger partial charge is 0.488 e. The summed E-state index contributed by atoms with van der Waals surface area (Å²) in [7, 11) is -2.71. The Morgan fingerprint density at radius 3 is 2.75 bits per heavy atom. The second-order valence-corrected chi connectivity index (χ2v) is 9.25. The Balaban J connectivity index is 1.56. The fourth-order valence-electron chi connectivity index (χ4n) is 3.04. The van der Waals surface area contributed by atoms with Crippen LogP contribution in [-0.2, 0) is 16.3 Å². The van der Waals surface area contributed by atoms with E-state index in [9.17, 15) is 4.21 Å². The molecule has 0 amide bonds. The minimum atomic E-state index is -2.71. The third-order valence-electron chi connectivity index (χ3n) is 4.67. The summed E-state index contributed by atoms with van der Waals surface area (Å²) >= 11 is 0. The average molecular weight is 398 g/mol. The van der Waals surface area contributed by atoms with Crippen LogP contribution in [0, 0.1) is 4.78 Å². The number of aromatic nitrogens is 2. The minimum absolute atomic E-state index is 0.00171. The number of fused-ring (bicyclic) bond motifs is 1. The van der Waals surface area contributed by atoms with E-state index in [0.717, 1.165) is 30.2 Å². The number of nitrogens with zero attached hydrogens (tertiary/aromatic N) is 2. The van der Waals surface area contributed by atoms with E-state index < -0.39 is 9.73 Å². The summed E-state index contributed by atoms with van der Waals surface area (Å²) in [5.41, 5.74) is 1.56. The zero-order valence-corrected chi connectivity index (χ0v) is 16.6. The van der Waals surface area contributed by atoms with Gasteiger partial charge >= 0.3 is 0 Å². The lowest BCUT2D eigenvalue weighted by molar-refractivity contribution is 0.305. The third kappa shape index (κ3) is 3.80. The summed E-state index contributed by atoms with van der Waals surface area (Å²) in [4.78, 5) is 9.26. The lowest BCUT2D eigenvalue weighted by Gasteiger charge is -2.12. The van der Waals surface area contributed by atoms with Crippen LogP contribution in [-0.4, -0.2) is 26.0 Å². The van der Waals surface area contributed by atoms with Gasteiger partial charge < -0.3 is 9.47 Å². The Morgan fingerprint density at radius 1 is 1.14 bits per heavy atom. The molecule has 2 aromatic heterocycles. The van der Waals surface area contributed by atoms with Gasteiger partial charge in [0.1, 0.15) is 17.9 Å². The van der Waals surface area contributed by atoms with Gasteiger partial charge in [0.05, 0.1) is 16.3 Å². The van der Waals surface area contributed by atoms with E-state index in [4.69, 9.17) is 14.3 Å². The predicted molar refractivity (Wildman–Crippen MR) is 108 cm³/mol. The number of nitrogens with one attached hydrogen (secondary N) is 1. The second kappa shape index (κ2) is 7.75. The van der Waals surface area contributed by atoms with Gasteiger partial charge in [-0.3, -0.25) is 4.98 Å². The first kappa shape index (κ1) is 18.7. The molecule has 28 heavy (non-hydrogen) atoms. The van der Waals surface area contributed by atoms with E-state index in [-0.39, 0.29) is 5.25 Å². The van der Waals surface area contributed by atoms with Gasteiger partial charge in [-0.05, 0) is 49.1 Å². The van der Waals surface area contributed by atoms with Crippen LogP contribution in [0.2, 0.25) is 0 Å². The molecule has 1 aromatic carbocycles. The monoisotopic (exact) mass is 397 g/mol. The molecule has 146 valence electrons. The lowest BCUT2D eigenvalue weighted by Crippen LogP contribution is -2.06. The molecular weight excluding hydrogens is 374 g/mol. The molecule has 6 nitrogen and oxygen atoms in total. The molecule has 0 saturated heterocycles. The number of rotatable bonds is 8. The first-order chi connectivity index (χ1) is 13.6. The first-order valence-electron chi connectivity index (χ1n) is 9.45. The van der Waals surface area contributed by atoms with Crippen LogP contribution < -0.4 is 9.47 Å². The molecule has 1 atom stereocenters. The maximum atomic E-state index is 12.7. The lowest BCUT2D eigenvalue weighted by atomic mass is 10.2. The van der Waals surface area contributed by atoms with Crippen LogP contribution in [0.15, 0.2) is 53.7 Å². The fourth-order valence-corrected chi connectivity index (χ4v) is 4.83. The molecule has 0 aliphatic heterocycles. The number of hydrogen-bond acceptors (Lipinski definition) is 6. The third-order valence-corrected chi connectivity index (χ3v) is 7.03. The SMILES string of the molecule is CCCOc1nccc2c(OCc3cccc(S(=N)(=O)C4CC4)c3)ccnc12. The van der Waals surface area contributed by atoms with Crippen molar-refractivity contribution in [2.75, 3.05) is 6.61 Å². The van der Waals surface area contributed by atoms with Crippen molar-refractivity contribution in [1.29, 1.82) is 4.78 Å². The number of benzene rings is 1. The molecule has 0 bridgehead atoms. The molecule has 0 radical (unpaired) electrons. The molecule has 1 aliphatic carbocycles. The average Bonchev–Trinajstić information content (AvgIpc) is 3.57. The Labute approximate surface area is 164 Å². The highest BCUT2D eigenvalue weighted by atomic mass is 32.2. The van der Waals surface area contributed by atoms with Crippen molar-refractivity contribution in [3.63, 3.8) is 0 Å². The van der Waals surface area contributed by atoms with Crippen molar-refractivity contribution in [3.8, 4) is 11.6 Å². The first-order valence-corrected chi connectivity index (χ1v) is 11.1. The predicted octanol–water partition coefficient (Wildman–Crippen LogP) is 4.57. The molecule has 1 fully saturated rings. The summed E-state index contributed by atoms with van der Waals surface area (Å²) in [5.74, 6) is 1.19. The molecule has 2 heterocycles. The standard InChI is InChI=1S/C21H23N3O3S/c1-2-12-26-21-20-18(8-10-24-21)19(9-11-23-20)27-14-15-4-3-5-17(13-15)28(22,25)16-6-7-16/h3-5,8-11,13,16,22H,2,6-7,12,14H2,1H3. The molecule has 7 heteroatoms. The molecular formula is C21H23N3O3S. The van der Waals surface area contributed by atoms with Crippen molar-refractivity contribution >= 4 is 20.6 Å². The van der Waals surface area contributed by atoms with Gasteiger partial charge in [0.2, 0.25) is 5.88 Å². The maximum absolute atomic E-state index is 12.7. The van der Waals surface area contributed by atoms with Crippen molar-refractivity contribution in [2.24, 2.45) is 0 Å². The van der Waals surface area contributed by atoms with Crippen molar-refractivity contribution in [3.05, 3.63) is 54.4 Å². The van der Waals surface area contributed by atoms with Crippen LogP contribution in [0.1, 0.15) is 31.7 Å². The van der Waals surface area contributed by atoms with Gasteiger partial charge in [-0.1, -0.05) is 19.1 Å². The van der Waals surface area contributed by atoms with Gasteiger partial charge in [0.15, 0.2) is 0 Å². The van der Waals surface area contributed by atoms with Gasteiger partial charge in [-0.15, -0.1) is 0 Å². The highest BCUT2D eigenvalue weighted by Crippen LogP contribution is 2.34. The summed E-state index contributed by atoms with van der Waals surface area (Å²) in [6.45, 7) is 2.94. The quantitative estimate of drug-likeness (QED) is 0.602. The number of pyridine rings is 2. The number of hydrogen-bond donors (Lipinski definition) is 1. The Morgan fingerprint density at radius 2 is 1.96 bits per heavy atom. The molecule has 1 N–H and O–H groups in total. The van der Waals surface area contributed by atoms with Crippen molar-refractivity contribution in [2.45, 2.75) is 42.9 Å². The zero-order valence-electron chi connectivity index (χ0n) is 15.8. The maximum Gasteiger partial charge on any atom is 0.240 e. The van der Waals surface area contributed by atoms with Gasteiger partial charge in [-0.2, -0.15) is 0 Å². The van der Waals surface area contributed by atoms with E-state index in [0.29, 0.717) is 35.3 Å². The molecule has 4 rings (SSSR count). The zero-order chi connectivity index (χ0) is 19.6. The second-order valence-electron chi connectivity index (χ2n) is 6.91. The molecule has 1 aliphatic rings. The van der Waals surface area contributed by atoms with Crippen LogP contribution in [0.3, 0.4) is 0 Å². The Hall–Kier alpha value is -2.67. The highest BCUT2D eigenvalue weighted by molar-refractivity contribution is 7.93. The van der Waals surface area contributed by atoms with Crippen LogP contribution in [0.4, 0.5) is 0 Å². The smallest absolute Gasteiger partial charge is 0.240 e. The van der Waals surface area contributed by atoms with E-state index in [1.165, 1.54) is 0 Å².